The van der Waals surface area contributed by atoms with E-state index < -0.39 is 0 Å². The molecular formula is C9H14N2O2. The summed E-state index contributed by atoms with van der Waals surface area (Å²) >= 11 is 0. The Morgan fingerprint density at radius 2 is 2.38 bits per heavy atom. The number of rotatable bonds is 1. The van der Waals surface area contributed by atoms with Crippen LogP contribution in [0.25, 0.3) is 0 Å². The van der Waals surface area contributed by atoms with Crippen LogP contribution in [0.15, 0.2) is 0 Å². The van der Waals surface area contributed by atoms with E-state index in [1.807, 2.05) is 0 Å². The Balaban J connectivity index is 1.81. The van der Waals surface area contributed by atoms with Crippen LogP contribution in [0.3, 0.4) is 0 Å². The normalized spacial score (nSPS) is 47.2. The van der Waals surface area contributed by atoms with E-state index in [1.165, 1.54) is 0 Å². The topological polar surface area (TPSA) is 41.6 Å². The first kappa shape index (κ1) is 7.76. The van der Waals surface area contributed by atoms with Crippen molar-refractivity contribution in [1.29, 1.82) is 0 Å². The van der Waals surface area contributed by atoms with Gasteiger partial charge in [0.25, 0.3) is 0 Å². The zero-order valence-electron chi connectivity index (χ0n) is 7.69. The van der Waals surface area contributed by atoms with Crippen LogP contribution in [0.2, 0.25) is 0 Å². The number of ether oxygens (including phenoxy) is 1. The summed E-state index contributed by atoms with van der Waals surface area (Å²) in [5.74, 6) is 0.0630. The number of hydrogen-bond acceptors (Lipinski definition) is 3. The molecule has 0 aliphatic carbocycles. The predicted octanol–water partition coefficient (Wildman–Crippen LogP) is -0.654. The van der Waals surface area contributed by atoms with Crippen LogP contribution in [-0.2, 0) is 9.53 Å². The molecule has 1 amide bonds. The highest BCUT2D eigenvalue weighted by atomic mass is 16.5. The standard InChI is InChI=1S/C9H14N2O2/c1-5(12)10-8-7-4-11-3-2-6(13-7)9(8)11/h6-9H,2-4H2,1H3,(H,10,12)/t6-,7?,8-,9+/m0/s1. The van der Waals surface area contributed by atoms with Crippen molar-refractivity contribution < 1.29 is 9.53 Å². The van der Waals surface area contributed by atoms with Gasteiger partial charge in [-0.15, -0.1) is 0 Å². The maximum atomic E-state index is 11.0. The molecule has 0 spiro atoms. The summed E-state index contributed by atoms with van der Waals surface area (Å²) in [6.45, 7) is 3.73. The van der Waals surface area contributed by atoms with Gasteiger partial charge >= 0.3 is 0 Å². The first-order valence-corrected chi connectivity index (χ1v) is 4.92. The second-order valence-corrected chi connectivity index (χ2v) is 4.21. The number of nitrogens with one attached hydrogen (secondary N) is 1. The lowest BCUT2D eigenvalue weighted by Gasteiger charge is -2.21. The molecule has 2 bridgehead atoms. The van der Waals surface area contributed by atoms with Gasteiger partial charge in [0.1, 0.15) is 0 Å². The van der Waals surface area contributed by atoms with Gasteiger partial charge < -0.3 is 10.1 Å². The fourth-order valence-corrected chi connectivity index (χ4v) is 3.00. The molecule has 3 aliphatic heterocycles. The van der Waals surface area contributed by atoms with Gasteiger partial charge in [0.05, 0.1) is 24.3 Å². The highest BCUT2D eigenvalue weighted by Crippen LogP contribution is 2.39. The van der Waals surface area contributed by atoms with Crippen molar-refractivity contribution in [3.05, 3.63) is 0 Å². The van der Waals surface area contributed by atoms with Gasteiger partial charge in [0.15, 0.2) is 0 Å². The van der Waals surface area contributed by atoms with E-state index in [-0.39, 0.29) is 18.1 Å². The van der Waals surface area contributed by atoms with Crippen LogP contribution in [0, 0.1) is 0 Å². The van der Waals surface area contributed by atoms with Crippen molar-refractivity contribution in [2.75, 3.05) is 13.1 Å². The molecule has 3 rings (SSSR count). The molecule has 3 aliphatic rings. The number of amides is 1. The van der Waals surface area contributed by atoms with Gasteiger partial charge in [-0.25, -0.2) is 0 Å². The lowest BCUT2D eigenvalue weighted by molar-refractivity contribution is -0.119. The third-order valence-electron chi connectivity index (χ3n) is 3.41. The smallest absolute Gasteiger partial charge is 0.217 e. The monoisotopic (exact) mass is 182 g/mol. The van der Waals surface area contributed by atoms with Gasteiger partial charge in [-0.1, -0.05) is 0 Å². The maximum Gasteiger partial charge on any atom is 0.217 e. The molecule has 0 saturated carbocycles. The van der Waals surface area contributed by atoms with Crippen LogP contribution in [-0.4, -0.2) is 48.2 Å². The van der Waals surface area contributed by atoms with Crippen LogP contribution >= 0.6 is 0 Å². The Labute approximate surface area is 77.2 Å². The predicted molar refractivity (Wildman–Crippen MR) is 46.2 cm³/mol. The fourth-order valence-electron chi connectivity index (χ4n) is 3.00. The minimum atomic E-state index is 0.0630. The van der Waals surface area contributed by atoms with Crippen molar-refractivity contribution in [2.24, 2.45) is 0 Å². The molecule has 72 valence electrons. The molecule has 3 saturated heterocycles. The number of carbonyl (C=O) groups excluding carboxylic acids is 1. The van der Waals surface area contributed by atoms with Crippen molar-refractivity contribution in [1.82, 2.24) is 10.2 Å². The molecule has 0 radical (unpaired) electrons. The third kappa shape index (κ3) is 0.957. The largest absolute Gasteiger partial charge is 0.370 e. The SMILES string of the molecule is CC(=O)N[C@H]1C2CN3CC[C@H](O2)[C@H]13. The lowest BCUT2D eigenvalue weighted by atomic mass is 10.1. The van der Waals surface area contributed by atoms with Crippen LogP contribution in [0.5, 0.6) is 0 Å². The molecule has 0 aromatic carbocycles. The highest BCUT2D eigenvalue weighted by molar-refractivity contribution is 5.73. The minimum absolute atomic E-state index is 0.0630. The first-order valence-electron chi connectivity index (χ1n) is 4.92. The van der Waals surface area contributed by atoms with Gasteiger partial charge in [0.2, 0.25) is 5.91 Å². The van der Waals surface area contributed by atoms with E-state index in [2.05, 4.69) is 10.2 Å². The lowest BCUT2D eigenvalue weighted by Crippen LogP contribution is -2.44. The molecule has 13 heavy (non-hydrogen) atoms. The molecule has 0 aromatic rings. The van der Waals surface area contributed by atoms with Crippen molar-refractivity contribution in [2.45, 2.75) is 37.6 Å². The van der Waals surface area contributed by atoms with Crippen LogP contribution in [0.4, 0.5) is 0 Å². The highest BCUT2D eigenvalue weighted by Gasteiger charge is 2.57. The zero-order chi connectivity index (χ0) is 9.00. The summed E-state index contributed by atoms with van der Waals surface area (Å²) in [5.41, 5.74) is 0. The number of morpholine rings is 1. The third-order valence-corrected chi connectivity index (χ3v) is 3.41. The molecule has 0 aromatic heterocycles. The number of nitrogens with zero attached hydrogens (tertiary/aromatic N) is 1. The Bertz CT molecular complexity index is 242. The number of hydrogen-bond donors (Lipinski definition) is 1. The molecule has 4 heteroatoms. The molecule has 1 unspecified atom stereocenters. The fraction of sp³-hybridized carbons (Fsp3) is 0.889. The zero-order valence-corrected chi connectivity index (χ0v) is 7.69. The van der Waals surface area contributed by atoms with Crippen molar-refractivity contribution >= 4 is 5.91 Å². The van der Waals surface area contributed by atoms with E-state index in [1.54, 1.807) is 6.92 Å². The second-order valence-electron chi connectivity index (χ2n) is 4.21. The average Bonchev–Trinajstić information content (AvgIpc) is 2.60. The average molecular weight is 182 g/mol. The van der Waals surface area contributed by atoms with Gasteiger partial charge in [-0.2, -0.15) is 0 Å². The van der Waals surface area contributed by atoms with E-state index in [0.717, 1.165) is 19.5 Å². The number of fused-ring (bicyclic) bond motifs is 1. The Morgan fingerprint density at radius 3 is 3.08 bits per heavy atom. The quantitative estimate of drug-likeness (QED) is 0.585. The first-order chi connectivity index (χ1) is 6.25. The molecule has 4 atom stereocenters. The maximum absolute atomic E-state index is 11.0. The summed E-state index contributed by atoms with van der Waals surface area (Å²) < 4.78 is 5.81. The molecule has 1 N–H and O–H groups in total. The van der Waals surface area contributed by atoms with Crippen molar-refractivity contribution in [3.63, 3.8) is 0 Å². The Morgan fingerprint density at radius 1 is 1.54 bits per heavy atom. The summed E-state index contributed by atoms with van der Waals surface area (Å²) in [7, 11) is 0. The van der Waals surface area contributed by atoms with Gasteiger partial charge in [0, 0.05) is 20.0 Å². The summed E-state index contributed by atoms with van der Waals surface area (Å²) in [6, 6.07) is 0.721. The van der Waals surface area contributed by atoms with E-state index in [4.69, 9.17) is 4.74 Å². The summed E-state index contributed by atoms with van der Waals surface area (Å²) in [5, 5.41) is 3.00. The molecule has 3 fully saturated rings. The number of carbonyl (C=O) groups is 1. The summed E-state index contributed by atoms with van der Waals surface area (Å²) in [6.07, 6.45) is 1.77. The Kier molecular flexibility index (Phi) is 1.46. The molecular weight excluding hydrogens is 168 g/mol. The van der Waals surface area contributed by atoms with E-state index in [0.29, 0.717) is 12.1 Å². The van der Waals surface area contributed by atoms with Crippen LogP contribution < -0.4 is 5.32 Å². The van der Waals surface area contributed by atoms with Gasteiger partial charge in [-0.05, 0) is 6.42 Å². The summed E-state index contributed by atoms with van der Waals surface area (Å²) in [4.78, 5) is 13.4. The molecule has 3 heterocycles. The van der Waals surface area contributed by atoms with Gasteiger partial charge in [-0.3, -0.25) is 9.69 Å². The molecule has 4 nitrogen and oxygen atoms in total. The van der Waals surface area contributed by atoms with E-state index >= 15 is 0 Å². The Hall–Kier alpha value is -0.610. The second kappa shape index (κ2) is 2.45. The van der Waals surface area contributed by atoms with Crippen LogP contribution in [0.1, 0.15) is 13.3 Å². The van der Waals surface area contributed by atoms with Crippen molar-refractivity contribution in [3.8, 4) is 0 Å². The minimum Gasteiger partial charge on any atom is -0.370 e. The van der Waals surface area contributed by atoms with E-state index in [9.17, 15) is 4.79 Å².